The van der Waals surface area contributed by atoms with Crippen LogP contribution >= 0.6 is 0 Å². The minimum absolute atomic E-state index is 0.0925. The molecule has 2 aliphatic carbocycles. The normalized spacial score (nSPS) is 53.3. The maximum atomic E-state index is 11.1. The van der Waals surface area contributed by atoms with E-state index in [1.54, 1.807) is 0 Å². The van der Waals surface area contributed by atoms with Gasteiger partial charge in [-0.2, -0.15) is 0 Å². The molecule has 1 aliphatic heterocycles. The summed E-state index contributed by atoms with van der Waals surface area (Å²) in [6, 6.07) is 0. The first-order valence-electron chi connectivity index (χ1n) is 5.14. The van der Waals surface area contributed by atoms with Crippen LogP contribution in [0, 0.1) is 17.3 Å². The smallest absolute Gasteiger partial charge is 0.220 e. The van der Waals surface area contributed by atoms with Gasteiger partial charge in [-0.1, -0.05) is 0 Å². The van der Waals surface area contributed by atoms with Crippen LogP contribution in [0.4, 0.5) is 0 Å². The summed E-state index contributed by atoms with van der Waals surface area (Å²) in [5, 5.41) is 12.4. The molecular formula is C10H15NO2. The number of fused-ring (bicyclic) bond motifs is 2. The van der Waals surface area contributed by atoms with E-state index in [2.05, 4.69) is 5.32 Å². The highest BCUT2D eigenvalue weighted by molar-refractivity contribution is 5.79. The van der Waals surface area contributed by atoms with Gasteiger partial charge in [0, 0.05) is 13.0 Å². The molecule has 1 spiro atoms. The number of aliphatic hydroxyl groups excluding tert-OH is 1. The minimum atomic E-state index is -0.0925. The zero-order valence-corrected chi connectivity index (χ0v) is 7.62. The molecule has 2 N–H and O–H groups in total. The Morgan fingerprint density at radius 1 is 1.46 bits per heavy atom. The Balaban J connectivity index is 1.79. The molecule has 3 nitrogen and oxygen atoms in total. The minimum Gasteiger partial charge on any atom is -0.393 e. The molecule has 1 amide bonds. The van der Waals surface area contributed by atoms with Gasteiger partial charge in [0.05, 0.1) is 6.10 Å². The summed E-state index contributed by atoms with van der Waals surface area (Å²) in [6.45, 7) is 0.861. The molecular weight excluding hydrogens is 166 g/mol. The molecule has 1 saturated heterocycles. The number of carbonyl (C=O) groups excluding carboxylic acids is 1. The lowest BCUT2D eigenvalue weighted by Crippen LogP contribution is -2.46. The molecule has 4 atom stereocenters. The molecule has 0 aromatic heterocycles. The van der Waals surface area contributed by atoms with Crippen LogP contribution in [0.3, 0.4) is 0 Å². The van der Waals surface area contributed by atoms with Crippen molar-refractivity contribution in [3.63, 3.8) is 0 Å². The van der Waals surface area contributed by atoms with Crippen LogP contribution in [0.5, 0.6) is 0 Å². The fourth-order valence-electron chi connectivity index (χ4n) is 3.71. The van der Waals surface area contributed by atoms with Crippen molar-refractivity contribution in [3.05, 3.63) is 0 Å². The quantitative estimate of drug-likeness (QED) is 0.564. The first-order chi connectivity index (χ1) is 6.20. The van der Waals surface area contributed by atoms with Crippen molar-refractivity contribution in [2.75, 3.05) is 6.54 Å². The second-order valence-corrected chi connectivity index (χ2v) is 5.01. The van der Waals surface area contributed by atoms with Crippen LogP contribution in [-0.4, -0.2) is 23.7 Å². The van der Waals surface area contributed by atoms with Crippen LogP contribution in [0.25, 0.3) is 0 Å². The second kappa shape index (κ2) is 2.27. The van der Waals surface area contributed by atoms with Gasteiger partial charge >= 0.3 is 0 Å². The highest BCUT2D eigenvalue weighted by Crippen LogP contribution is 2.61. The Morgan fingerprint density at radius 2 is 2.31 bits per heavy atom. The zero-order valence-electron chi connectivity index (χ0n) is 7.62. The molecule has 13 heavy (non-hydrogen) atoms. The van der Waals surface area contributed by atoms with Crippen molar-refractivity contribution in [2.24, 2.45) is 17.3 Å². The number of nitrogens with one attached hydrogen (secondary N) is 1. The third-order valence-electron chi connectivity index (χ3n) is 4.28. The predicted molar refractivity (Wildman–Crippen MR) is 46.9 cm³/mol. The number of rotatable bonds is 0. The molecule has 3 fully saturated rings. The standard InChI is InChI=1S/C10H15NO2/c12-7-1-6-3-10(8(6)2-7)4-9(13)11-5-10/h6-8,12H,1-5H2,(H,11,13)/t6-,7?,8-,10-/m1/s1. The van der Waals surface area contributed by atoms with Crippen molar-refractivity contribution < 1.29 is 9.90 Å². The number of hydrogen-bond donors (Lipinski definition) is 2. The van der Waals surface area contributed by atoms with Gasteiger partial charge in [-0.3, -0.25) is 4.79 Å². The molecule has 2 saturated carbocycles. The average Bonchev–Trinajstić information content (AvgIpc) is 2.56. The van der Waals surface area contributed by atoms with E-state index >= 15 is 0 Å². The summed E-state index contributed by atoms with van der Waals surface area (Å²) in [6.07, 6.45) is 3.68. The van der Waals surface area contributed by atoms with Crippen molar-refractivity contribution in [3.8, 4) is 0 Å². The summed E-state index contributed by atoms with van der Waals surface area (Å²) in [5.74, 6) is 1.55. The first-order valence-corrected chi connectivity index (χ1v) is 5.14. The predicted octanol–water partition coefficient (Wildman–Crippen LogP) is 0.283. The topological polar surface area (TPSA) is 49.3 Å². The molecule has 0 radical (unpaired) electrons. The van der Waals surface area contributed by atoms with Gasteiger partial charge in [-0.05, 0) is 36.5 Å². The summed E-state index contributed by atoms with van der Waals surface area (Å²) in [4.78, 5) is 11.1. The van der Waals surface area contributed by atoms with E-state index in [0.717, 1.165) is 25.8 Å². The lowest BCUT2D eigenvalue weighted by Gasteiger charge is -2.49. The summed E-state index contributed by atoms with van der Waals surface area (Å²) < 4.78 is 0. The molecule has 0 aromatic rings. The van der Waals surface area contributed by atoms with Gasteiger partial charge < -0.3 is 10.4 Å². The fraction of sp³-hybridized carbons (Fsp3) is 0.900. The van der Waals surface area contributed by atoms with Crippen LogP contribution in [0.2, 0.25) is 0 Å². The monoisotopic (exact) mass is 181 g/mol. The van der Waals surface area contributed by atoms with E-state index in [4.69, 9.17) is 0 Å². The Bertz CT molecular complexity index is 266. The SMILES string of the molecule is O=C1C[C@@]2(CN1)C[C@H]1CC(O)C[C@H]12. The Morgan fingerprint density at radius 3 is 2.92 bits per heavy atom. The van der Waals surface area contributed by atoms with Gasteiger partial charge in [0.2, 0.25) is 5.91 Å². The Labute approximate surface area is 77.5 Å². The van der Waals surface area contributed by atoms with Crippen LogP contribution < -0.4 is 5.32 Å². The van der Waals surface area contributed by atoms with Crippen molar-refractivity contribution >= 4 is 5.91 Å². The van der Waals surface area contributed by atoms with Gasteiger partial charge in [-0.25, -0.2) is 0 Å². The molecule has 1 heterocycles. The summed E-state index contributed by atoms with van der Waals surface area (Å²) >= 11 is 0. The maximum Gasteiger partial charge on any atom is 0.220 e. The zero-order chi connectivity index (χ0) is 9.05. The van der Waals surface area contributed by atoms with E-state index < -0.39 is 0 Å². The third kappa shape index (κ3) is 0.909. The van der Waals surface area contributed by atoms with Crippen molar-refractivity contribution in [1.82, 2.24) is 5.32 Å². The maximum absolute atomic E-state index is 11.1. The van der Waals surface area contributed by atoms with Crippen LogP contribution in [-0.2, 0) is 4.79 Å². The lowest BCUT2D eigenvalue weighted by molar-refractivity contribution is -0.121. The average molecular weight is 181 g/mol. The second-order valence-electron chi connectivity index (χ2n) is 5.01. The summed E-state index contributed by atoms with van der Waals surface area (Å²) in [7, 11) is 0. The van der Waals surface area contributed by atoms with Crippen LogP contribution in [0.1, 0.15) is 25.7 Å². The van der Waals surface area contributed by atoms with Crippen LogP contribution in [0.15, 0.2) is 0 Å². The number of hydrogen-bond acceptors (Lipinski definition) is 2. The number of amides is 1. The summed E-state index contributed by atoms with van der Waals surface area (Å²) in [5.41, 5.74) is 0.249. The number of carbonyl (C=O) groups is 1. The van der Waals surface area contributed by atoms with E-state index in [1.807, 2.05) is 0 Å². The molecule has 0 bridgehead atoms. The van der Waals surface area contributed by atoms with E-state index in [0.29, 0.717) is 18.3 Å². The van der Waals surface area contributed by atoms with E-state index in [1.165, 1.54) is 0 Å². The largest absolute Gasteiger partial charge is 0.393 e. The molecule has 3 aliphatic rings. The van der Waals surface area contributed by atoms with Gasteiger partial charge in [-0.15, -0.1) is 0 Å². The fourth-order valence-corrected chi connectivity index (χ4v) is 3.71. The molecule has 3 heteroatoms. The van der Waals surface area contributed by atoms with E-state index in [-0.39, 0.29) is 17.4 Å². The lowest BCUT2D eigenvalue weighted by atomic mass is 9.54. The highest BCUT2D eigenvalue weighted by atomic mass is 16.3. The number of aliphatic hydroxyl groups is 1. The Hall–Kier alpha value is -0.570. The van der Waals surface area contributed by atoms with Crippen molar-refractivity contribution in [2.45, 2.75) is 31.8 Å². The molecule has 72 valence electrons. The Kier molecular flexibility index (Phi) is 1.36. The van der Waals surface area contributed by atoms with E-state index in [9.17, 15) is 9.90 Å². The molecule has 1 unspecified atom stereocenters. The van der Waals surface area contributed by atoms with Gasteiger partial charge in [0.1, 0.15) is 0 Å². The first kappa shape index (κ1) is 7.80. The van der Waals surface area contributed by atoms with Gasteiger partial charge in [0.25, 0.3) is 0 Å². The molecule has 0 aromatic carbocycles. The molecule has 3 rings (SSSR count). The van der Waals surface area contributed by atoms with Crippen molar-refractivity contribution in [1.29, 1.82) is 0 Å². The highest BCUT2D eigenvalue weighted by Gasteiger charge is 2.59. The third-order valence-corrected chi connectivity index (χ3v) is 4.28. The van der Waals surface area contributed by atoms with Gasteiger partial charge in [0.15, 0.2) is 0 Å².